The van der Waals surface area contributed by atoms with Crippen LogP contribution in [0, 0.1) is 0 Å². The maximum atomic E-state index is 11.9. The van der Waals surface area contributed by atoms with Crippen molar-refractivity contribution >= 4 is 52.9 Å². The van der Waals surface area contributed by atoms with E-state index in [1.165, 1.54) is 13.3 Å². The number of rotatable bonds is 8. The Hall–Kier alpha value is -3.10. The molecule has 0 aliphatic rings. The minimum Gasteiger partial charge on any atom is -0.482 e. The van der Waals surface area contributed by atoms with E-state index in [4.69, 9.17) is 27.9 Å². The van der Waals surface area contributed by atoms with Crippen LogP contribution in [-0.2, 0) is 19.1 Å². The highest BCUT2D eigenvalue weighted by Gasteiger charge is 2.12. The summed E-state index contributed by atoms with van der Waals surface area (Å²) in [5.74, 6) is -1.26. The first-order valence-electron chi connectivity index (χ1n) is 8.24. The number of benzene rings is 2. The first-order valence-corrected chi connectivity index (χ1v) is 9.00. The number of methoxy groups -OCH3 is 1. The third-order valence-corrected chi connectivity index (χ3v) is 4.21. The minimum absolute atomic E-state index is 0.190. The number of hydrogen-bond donors (Lipinski definition) is 2. The third-order valence-electron chi connectivity index (χ3n) is 3.39. The smallest absolute Gasteiger partial charge is 0.343 e. The largest absolute Gasteiger partial charge is 0.482 e. The average molecular weight is 438 g/mol. The SMILES string of the molecule is COC(=O)COc1cccc(C=NNC(=O)CC(=O)Nc2cccc(Cl)c2Cl)c1. The minimum atomic E-state index is -0.616. The van der Waals surface area contributed by atoms with E-state index < -0.39 is 24.2 Å². The molecule has 0 atom stereocenters. The second kappa shape index (κ2) is 11.0. The molecule has 0 heterocycles. The second-order valence-corrected chi connectivity index (χ2v) is 6.34. The number of amides is 2. The number of ether oxygens (including phenoxy) is 2. The summed E-state index contributed by atoms with van der Waals surface area (Å²) in [4.78, 5) is 34.9. The van der Waals surface area contributed by atoms with Gasteiger partial charge in [-0.05, 0) is 29.8 Å². The highest BCUT2D eigenvalue weighted by Crippen LogP contribution is 2.29. The normalized spacial score (nSPS) is 10.4. The van der Waals surface area contributed by atoms with Crippen LogP contribution in [0.2, 0.25) is 10.0 Å². The van der Waals surface area contributed by atoms with Gasteiger partial charge in [-0.1, -0.05) is 41.4 Å². The van der Waals surface area contributed by atoms with Crippen molar-refractivity contribution in [2.24, 2.45) is 5.10 Å². The predicted molar refractivity (Wildman–Crippen MR) is 109 cm³/mol. The highest BCUT2D eigenvalue weighted by molar-refractivity contribution is 6.44. The van der Waals surface area contributed by atoms with Crippen molar-refractivity contribution in [1.82, 2.24) is 5.43 Å². The van der Waals surface area contributed by atoms with Crippen molar-refractivity contribution in [1.29, 1.82) is 0 Å². The fraction of sp³-hybridized carbons (Fsp3) is 0.158. The van der Waals surface area contributed by atoms with E-state index >= 15 is 0 Å². The number of halogens is 2. The Kier molecular flexibility index (Phi) is 8.45. The van der Waals surface area contributed by atoms with Crippen LogP contribution in [0.5, 0.6) is 5.75 Å². The lowest BCUT2D eigenvalue weighted by molar-refractivity contribution is -0.143. The van der Waals surface area contributed by atoms with Gasteiger partial charge >= 0.3 is 5.97 Å². The van der Waals surface area contributed by atoms with Gasteiger partial charge in [0.15, 0.2) is 6.61 Å². The molecule has 0 bridgehead atoms. The molecular formula is C19H17Cl2N3O5. The first kappa shape index (κ1) is 22.2. The lowest BCUT2D eigenvalue weighted by atomic mass is 10.2. The Labute approximate surface area is 176 Å². The molecule has 0 aliphatic heterocycles. The van der Waals surface area contributed by atoms with Crippen LogP contribution in [0.3, 0.4) is 0 Å². The molecule has 0 fully saturated rings. The lowest BCUT2D eigenvalue weighted by Gasteiger charge is -2.07. The molecule has 10 heteroatoms. The number of carbonyl (C=O) groups is 3. The molecule has 0 saturated carbocycles. The Morgan fingerprint density at radius 3 is 2.62 bits per heavy atom. The Balaban J connectivity index is 1.84. The lowest BCUT2D eigenvalue weighted by Crippen LogP contribution is -2.24. The number of anilines is 1. The van der Waals surface area contributed by atoms with Crippen LogP contribution in [0.4, 0.5) is 5.69 Å². The van der Waals surface area contributed by atoms with Crippen LogP contribution >= 0.6 is 23.2 Å². The Morgan fingerprint density at radius 1 is 1.10 bits per heavy atom. The Morgan fingerprint density at radius 2 is 1.86 bits per heavy atom. The quantitative estimate of drug-likeness (QED) is 0.285. The van der Waals surface area contributed by atoms with E-state index in [1.54, 1.807) is 42.5 Å². The first-order chi connectivity index (χ1) is 13.9. The van der Waals surface area contributed by atoms with E-state index in [2.05, 4.69) is 20.6 Å². The molecule has 29 heavy (non-hydrogen) atoms. The molecule has 0 radical (unpaired) electrons. The van der Waals surface area contributed by atoms with Crippen LogP contribution in [0.25, 0.3) is 0 Å². The molecule has 8 nitrogen and oxygen atoms in total. The van der Waals surface area contributed by atoms with Gasteiger partial charge in [-0.25, -0.2) is 10.2 Å². The zero-order valence-electron chi connectivity index (χ0n) is 15.3. The second-order valence-electron chi connectivity index (χ2n) is 5.56. The summed E-state index contributed by atoms with van der Waals surface area (Å²) in [5.41, 5.74) is 3.17. The van der Waals surface area contributed by atoms with E-state index in [0.717, 1.165) is 0 Å². The van der Waals surface area contributed by atoms with Gasteiger partial charge in [-0.3, -0.25) is 9.59 Å². The fourth-order valence-corrected chi connectivity index (χ4v) is 2.39. The van der Waals surface area contributed by atoms with Gasteiger partial charge in [-0.2, -0.15) is 5.10 Å². The molecule has 2 aromatic rings. The fourth-order valence-electron chi connectivity index (χ4n) is 2.04. The van der Waals surface area contributed by atoms with Gasteiger partial charge in [0.05, 0.1) is 29.1 Å². The summed E-state index contributed by atoms with van der Waals surface area (Å²) in [7, 11) is 1.27. The summed E-state index contributed by atoms with van der Waals surface area (Å²) >= 11 is 11.8. The van der Waals surface area contributed by atoms with Crippen molar-refractivity contribution in [3.63, 3.8) is 0 Å². The van der Waals surface area contributed by atoms with Crippen molar-refractivity contribution in [2.75, 3.05) is 19.0 Å². The molecular weight excluding hydrogens is 421 g/mol. The molecule has 0 aromatic heterocycles. The van der Waals surface area contributed by atoms with Gasteiger partial charge in [0.25, 0.3) is 0 Å². The number of nitrogens with zero attached hydrogens (tertiary/aromatic N) is 1. The van der Waals surface area contributed by atoms with Gasteiger partial charge in [0, 0.05) is 0 Å². The molecule has 0 aliphatic carbocycles. The number of esters is 1. The van der Waals surface area contributed by atoms with Gasteiger partial charge in [0.2, 0.25) is 11.8 Å². The number of hydrazone groups is 1. The van der Waals surface area contributed by atoms with Gasteiger partial charge in [0.1, 0.15) is 12.2 Å². The van der Waals surface area contributed by atoms with E-state index in [0.29, 0.717) is 17.0 Å². The van der Waals surface area contributed by atoms with E-state index in [-0.39, 0.29) is 16.7 Å². The van der Waals surface area contributed by atoms with Crippen LogP contribution in [-0.4, -0.2) is 37.7 Å². The third kappa shape index (κ3) is 7.44. The summed E-state index contributed by atoms with van der Waals surface area (Å²) in [5, 5.41) is 6.77. The Bertz CT molecular complexity index is 934. The molecule has 0 unspecified atom stereocenters. The number of carbonyl (C=O) groups excluding carboxylic acids is 3. The molecule has 2 N–H and O–H groups in total. The zero-order chi connectivity index (χ0) is 21.2. The predicted octanol–water partition coefficient (Wildman–Crippen LogP) is 3.02. The monoisotopic (exact) mass is 437 g/mol. The molecule has 152 valence electrons. The van der Waals surface area contributed by atoms with E-state index in [9.17, 15) is 14.4 Å². The molecule has 2 amide bonds. The van der Waals surface area contributed by atoms with Crippen LogP contribution in [0.1, 0.15) is 12.0 Å². The van der Waals surface area contributed by atoms with Crippen molar-refractivity contribution in [3.8, 4) is 5.75 Å². The van der Waals surface area contributed by atoms with Crippen LogP contribution < -0.4 is 15.5 Å². The summed E-state index contributed by atoms with van der Waals surface area (Å²) < 4.78 is 9.75. The summed E-state index contributed by atoms with van der Waals surface area (Å²) in [6.07, 6.45) is 0.914. The van der Waals surface area contributed by atoms with Gasteiger partial charge in [-0.15, -0.1) is 0 Å². The highest BCUT2D eigenvalue weighted by atomic mass is 35.5. The van der Waals surface area contributed by atoms with Crippen LogP contribution in [0.15, 0.2) is 47.6 Å². The van der Waals surface area contributed by atoms with Crippen molar-refractivity contribution < 1.29 is 23.9 Å². The maximum Gasteiger partial charge on any atom is 0.343 e. The topological polar surface area (TPSA) is 106 Å². The average Bonchev–Trinajstić information content (AvgIpc) is 2.70. The van der Waals surface area contributed by atoms with Gasteiger partial charge < -0.3 is 14.8 Å². The molecule has 0 saturated heterocycles. The number of hydrogen-bond acceptors (Lipinski definition) is 6. The van der Waals surface area contributed by atoms with Crippen molar-refractivity contribution in [2.45, 2.75) is 6.42 Å². The number of nitrogens with one attached hydrogen (secondary N) is 2. The standard InChI is InChI=1S/C19H17Cl2N3O5/c1-28-18(27)11-29-13-5-2-4-12(8-13)10-22-24-17(26)9-16(25)23-15-7-3-6-14(20)19(15)21/h2-8,10H,9,11H2,1H3,(H,23,25)(H,24,26). The molecule has 2 rings (SSSR count). The van der Waals surface area contributed by atoms with Crippen molar-refractivity contribution in [3.05, 3.63) is 58.1 Å². The maximum absolute atomic E-state index is 11.9. The zero-order valence-corrected chi connectivity index (χ0v) is 16.8. The summed E-state index contributed by atoms with van der Waals surface area (Å²) in [6, 6.07) is 11.5. The van der Waals surface area contributed by atoms with E-state index in [1.807, 2.05) is 0 Å². The molecule has 0 spiro atoms. The molecule has 2 aromatic carbocycles. The summed E-state index contributed by atoms with van der Waals surface area (Å²) in [6.45, 7) is -0.223.